The fourth-order valence-corrected chi connectivity index (χ4v) is 4.25. The van der Waals surface area contributed by atoms with Gasteiger partial charge in [-0.25, -0.2) is 9.67 Å². The minimum Gasteiger partial charge on any atom is -0.347 e. The number of nitrogens with zero attached hydrogens (tertiary/aromatic N) is 8. The van der Waals surface area contributed by atoms with Crippen molar-refractivity contribution >= 4 is 29.1 Å². The molecule has 3 aromatic heterocycles. The standard InChI is InChI=1S/C27H22ClF7N10O2/c1-13-8-14(11-36)9-16(21(46)39-24(2,3)4)19(13)38-22(47)18-10-15(41-45(18)20-17(28)6-5-7-37-20)12-44-42-23(40-43-44)25(29,30)26(31,32)27(33,34)35/h5-10H,12H2,1-4H3,(H,38,47)(H,39,46). The second-order valence-electron chi connectivity index (χ2n) is 11.0. The molecule has 0 aliphatic rings. The number of nitrogens with one attached hydrogen (secondary N) is 2. The first kappa shape index (κ1) is 34.7. The molecule has 0 saturated carbocycles. The highest BCUT2D eigenvalue weighted by Crippen LogP contribution is 2.50. The van der Waals surface area contributed by atoms with Crippen molar-refractivity contribution in [3.05, 3.63) is 75.5 Å². The van der Waals surface area contributed by atoms with Gasteiger partial charge in [-0.2, -0.15) is 45.9 Å². The first-order valence-corrected chi connectivity index (χ1v) is 13.5. The second-order valence-corrected chi connectivity index (χ2v) is 11.4. The van der Waals surface area contributed by atoms with E-state index >= 15 is 0 Å². The maximum atomic E-state index is 14.1. The van der Waals surface area contributed by atoms with Crippen LogP contribution in [-0.4, -0.2) is 64.4 Å². The summed E-state index contributed by atoms with van der Waals surface area (Å²) in [4.78, 5) is 31.2. The number of aryl methyl sites for hydroxylation is 1. The van der Waals surface area contributed by atoms with E-state index in [1.165, 1.54) is 37.4 Å². The Balaban J connectivity index is 1.75. The molecular weight excluding hydrogens is 665 g/mol. The van der Waals surface area contributed by atoms with Gasteiger partial charge in [-0.15, -0.1) is 10.2 Å². The lowest BCUT2D eigenvalue weighted by atomic mass is 10.0. The Morgan fingerprint density at radius 3 is 2.30 bits per heavy atom. The molecule has 1 aromatic carbocycles. The van der Waals surface area contributed by atoms with Crippen LogP contribution in [0.2, 0.25) is 5.02 Å². The average molecular weight is 687 g/mol. The summed E-state index contributed by atoms with van der Waals surface area (Å²) in [5, 5.41) is 27.7. The number of carbonyl (C=O) groups is 2. The van der Waals surface area contributed by atoms with E-state index in [0.717, 1.165) is 10.7 Å². The molecule has 2 amide bonds. The number of hydrogen-bond donors (Lipinski definition) is 2. The molecule has 0 radical (unpaired) electrons. The topological polar surface area (TPSA) is 156 Å². The number of alkyl halides is 7. The monoisotopic (exact) mass is 686 g/mol. The summed E-state index contributed by atoms with van der Waals surface area (Å²) in [6.45, 7) is 5.95. The Hall–Kier alpha value is -5.12. The van der Waals surface area contributed by atoms with Crippen LogP contribution in [0, 0.1) is 18.3 Å². The minimum atomic E-state index is -6.62. The molecule has 0 saturated heterocycles. The number of pyridine rings is 1. The maximum Gasteiger partial charge on any atom is 0.460 e. The Kier molecular flexibility index (Phi) is 9.05. The lowest BCUT2D eigenvalue weighted by Gasteiger charge is -2.25. The molecule has 4 aromatic rings. The van der Waals surface area contributed by atoms with Crippen molar-refractivity contribution in [2.24, 2.45) is 0 Å². The molecule has 12 nitrogen and oxygen atoms in total. The number of benzene rings is 1. The molecule has 47 heavy (non-hydrogen) atoms. The predicted molar refractivity (Wildman–Crippen MR) is 149 cm³/mol. The van der Waals surface area contributed by atoms with Gasteiger partial charge in [0.1, 0.15) is 12.2 Å². The fraction of sp³-hybridized carbons (Fsp3) is 0.333. The van der Waals surface area contributed by atoms with Crippen LogP contribution < -0.4 is 10.6 Å². The fourth-order valence-electron chi connectivity index (χ4n) is 4.05. The van der Waals surface area contributed by atoms with E-state index in [0.29, 0.717) is 5.56 Å². The van der Waals surface area contributed by atoms with Crippen LogP contribution in [0.15, 0.2) is 36.5 Å². The molecule has 248 valence electrons. The first-order chi connectivity index (χ1) is 21.7. The van der Waals surface area contributed by atoms with Crippen molar-refractivity contribution in [3.8, 4) is 11.9 Å². The van der Waals surface area contributed by atoms with Crippen molar-refractivity contribution < 1.29 is 40.3 Å². The zero-order valence-electron chi connectivity index (χ0n) is 24.6. The molecular formula is C27H22ClF7N10O2. The summed E-state index contributed by atoms with van der Waals surface area (Å²) < 4.78 is 94.0. The molecule has 0 atom stereocenters. The molecule has 20 heteroatoms. The summed E-state index contributed by atoms with van der Waals surface area (Å²) in [6, 6.07) is 8.58. The Morgan fingerprint density at radius 1 is 1.02 bits per heavy atom. The van der Waals surface area contributed by atoms with Crippen LogP contribution in [0.1, 0.15) is 64.3 Å². The van der Waals surface area contributed by atoms with Crippen LogP contribution in [-0.2, 0) is 12.5 Å². The highest BCUT2D eigenvalue weighted by Gasteiger charge is 2.75. The van der Waals surface area contributed by atoms with Gasteiger partial charge in [0.05, 0.1) is 33.6 Å². The number of tetrazole rings is 1. The van der Waals surface area contributed by atoms with Gasteiger partial charge >= 0.3 is 18.0 Å². The van der Waals surface area contributed by atoms with Gasteiger partial charge < -0.3 is 10.6 Å². The lowest BCUT2D eigenvalue weighted by Crippen LogP contribution is -2.50. The highest BCUT2D eigenvalue weighted by atomic mass is 35.5. The number of halogens is 8. The third-order valence-electron chi connectivity index (χ3n) is 6.16. The number of rotatable bonds is 8. The summed E-state index contributed by atoms with van der Waals surface area (Å²) >= 11 is 6.26. The molecule has 0 aliphatic carbocycles. The van der Waals surface area contributed by atoms with Crippen molar-refractivity contribution in [3.63, 3.8) is 0 Å². The van der Waals surface area contributed by atoms with Crippen LogP contribution in [0.25, 0.3) is 5.82 Å². The molecule has 3 heterocycles. The Labute approximate surface area is 265 Å². The number of amides is 2. The number of aromatic nitrogens is 7. The SMILES string of the molecule is Cc1cc(C#N)cc(C(=O)NC(C)(C)C)c1NC(=O)c1cc(Cn2nnc(C(F)(F)C(F)(F)C(F)(F)F)n2)nn1-c1ncccc1Cl. The molecule has 0 spiro atoms. The quantitative estimate of drug-likeness (QED) is 0.240. The number of nitriles is 1. The van der Waals surface area contributed by atoms with Crippen LogP contribution in [0.4, 0.5) is 36.4 Å². The molecule has 0 unspecified atom stereocenters. The minimum absolute atomic E-state index is 0.00816. The normalized spacial score (nSPS) is 12.5. The second kappa shape index (κ2) is 12.2. The molecule has 0 aliphatic heterocycles. The Bertz CT molecular complexity index is 1890. The van der Waals surface area contributed by atoms with E-state index in [1.807, 2.05) is 6.07 Å². The smallest absolute Gasteiger partial charge is 0.347 e. The van der Waals surface area contributed by atoms with Gasteiger partial charge in [-0.3, -0.25) is 9.59 Å². The van der Waals surface area contributed by atoms with E-state index in [9.17, 15) is 45.6 Å². The van der Waals surface area contributed by atoms with Crippen molar-refractivity contribution in [2.45, 2.75) is 57.8 Å². The third-order valence-corrected chi connectivity index (χ3v) is 6.45. The van der Waals surface area contributed by atoms with Gasteiger partial charge in [0, 0.05) is 11.7 Å². The van der Waals surface area contributed by atoms with E-state index in [4.69, 9.17) is 11.6 Å². The molecule has 0 bridgehead atoms. The third kappa shape index (κ3) is 7.01. The van der Waals surface area contributed by atoms with Gasteiger partial charge in [-0.05, 0) is 68.8 Å². The summed E-state index contributed by atoms with van der Waals surface area (Å²) in [6.07, 6.45) is -5.32. The Morgan fingerprint density at radius 2 is 1.70 bits per heavy atom. The maximum absolute atomic E-state index is 14.1. The molecule has 4 rings (SSSR count). The van der Waals surface area contributed by atoms with Gasteiger partial charge in [0.2, 0.25) is 0 Å². The van der Waals surface area contributed by atoms with E-state index < -0.39 is 47.7 Å². The largest absolute Gasteiger partial charge is 0.460 e. The van der Waals surface area contributed by atoms with Gasteiger partial charge in [-0.1, -0.05) is 11.6 Å². The average Bonchev–Trinajstić information content (AvgIpc) is 3.60. The zero-order valence-corrected chi connectivity index (χ0v) is 25.3. The summed E-state index contributed by atoms with van der Waals surface area (Å²) in [5.41, 5.74) is -0.773. The number of carbonyl (C=O) groups excluding carboxylic acids is 2. The first-order valence-electron chi connectivity index (χ1n) is 13.2. The van der Waals surface area contributed by atoms with E-state index in [-0.39, 0.29) is 43.8 Å². The lowest BCUT2D eigenvalue weighted by molar-refractivity contribution is -0.361. The van der Waals surface area contributed by atoms with Gasteiger partial charge in [0.25, 0.3) is 17.6 Å². The highest BCUT2D eigenvalue weighted by molar-refractivity contribution is 6.32. The van der Waals surface area contributed by atoms with Crippen molar-refractivity contribution in [1.29, 1.82) is 5.26 Å². The summed E-state index contributed by atoms with van der Waals surface area (Å²) in [5.74, 6) is -16.2. The van der Waals surface area contributed by atoms with E-state index in [2.05, 4.69) is 36.1 Å². The number of anilines is 1. The van der Waals surface area contributed by atoms with Crippen LogP contribution in [0.3, 0.4) is 0 Å². The van der Waals surface area contributed by atoms with Crippen LogP contribution >= 0.6 is 11.6 Å². The predicted octanol–water partition coefficient (Wildman–Crippen LogP) is 5.21. The molecule has 2 N–H and O–H groups in total. The van der Waals surface area contributed by atoms with Crippen LogP contribution in [0.5, 0.6) is 0 Å². The molecule has 0 fully saturated rings. The summed E-state index contributed by atoms with van der Waals surface area (Å²) in [7, 11) is 0. The van der Waals surface area contributed by atoms with Crippen molar-refractivity contribution in [2.75, 3.05) is 5.32 Å². The van der Waals surface area contributed by atoms with E-state index in [1.54, 1.807) is 20.8 Å². The zero-order chi connectivity index (χ0) is 35.1. The van der Waals surface area contributed by atoms with Crippen molar-refractivity contribution in [1.82, 2.24) is 40.3 Å². The number of hydrogen-bond acceptors (Lipinski definition) is 8. The van der Waals surface area contributed by atoms with Gasteiger partial charge in [0.15, 0.2) is 5.82 Å².